The van der Waals surface area contributed by atoms with Gasteiger partial charge in [-0.25, -0.2) is 14.5 Å². The van der Waals surface area contributed by atoms with Crippen LogP contribution in [0.25, 0.3) is 11.3 Å². The fourth-order valence-corrected chi connectivity index (χ4v) is 4.86. The van der Waals surface area contributed by atoms with E-state index in [1.165, 1.54) is 6.33 Å². The smallest absolute Gasteiger partial charge is 0.410 e. The molecule has 0 bridgehead atoms. The largest absolute Gasteiger partial charge is 0.496 e. The molecule has 4 rings (SSSR count). The molecule has 0 aliphatic rings. The van der Waals surface area contributed by atoms with Crippen molar-refractivity contribution in [2.24, 2.45) is 0 Å². The van der Waals surface area contributed by atoms with Gasteiger partial charge in [-0.1, -0.05) is 36.4 Å². The minimum Gasteiger partial charge on any atom is -0.496 e. The lowest BCUT2D eigenvalue weighted by atomic mass is 10.1. The van der Waals surface area contributed by atoms with E-state index < -0.39 is 7.60 Å². The Kier molecular flexibility index (Phi) is 7.03. The SMILES string of the molecule is CCOP(=O)(Oc1cccc(Nc2cc(-c3ccccc3OC)ncn2)c1)c1ccccc1. The van der Waals surface area contributed by atoms with Crippen molar-refractivity contribution in [1.82, 2.24) is 9.97 Å². The number of methoxy groups -OCH3 is 1. The maximum Gasteiger partial charge on any atom is 0.410 e. The zero-order valence-corrected chi connectivity index (χ0v) is 19.2. The lowest BCUT2D eigenvalue weighted by molar-refractivity contribution is 0.289. The van der Waals surface area contributed by atoms with Gasteiger partial charge in [-0.05, 0) is 43.3 Å². The molecule has 1 N–H and O–H groups in total. The number of rotatable bonds is 9. The highest BCUT2D eigenvalue weighted by atomic mass is 31.2. The maximum atomic E-state index is 13.4. The van der Waals surface area contributed by atoms with Crippen molar-refractivity contribution in [3.63, 3.8) is 0 Å². The lowest BCUT2D eigenvalue weighted by Gasteiger charge is -2.19. The van der Waals surface area contributed by atoms with Crippen molar-refractivity contribution >= 4 is 24.4 Å². The molecule has 3 aromatic carbocycles. The molecule has 0 aliphatic carbocycles. The van der Waals surface area contributed by atoms with Crippen LogP contribution in [0.1, 0.15) is 6.92 Å². The number of anilines is 2. The first kappa shape index (κ1) is 22.5. The maximum absolute atomic E-state index is 13.4. The van der Waals surface area contributed by atoms with Crippen LogP contribution in [0, 0.1) is 0 Å². The molecule has 1 unspecified atom stereocenters. The molecule has 0 aliphatic heterocycles. The summed E-state index contributed by atoms with van der Waals surface area (Å²) in [5, 5.41) is 3.75. The average molecular weight is 461 g/mol. The third-order valence-corrected chi connectivity index (χ3v) is 6.73. The summed E-state index contributed by atoms with van der Waals surface area (Å²) in [5.74, 6) is 1.74. The van der Waals surface area contributed by atoms with E-state index in [1.807, 2.05) is 42.5 Å². The molecule has 0 fully saturated rings. The third kappa shape index (κ3) is 5.40. The molecule has 168 valence electrons. The predicted molar refractivity (Wildman–Crippen MR) is 130 cm³/mol. The summed E-state index contributed by atoms with van der Waals surface area (Å²) in [7, 11) is -1.89. The first-order valence-electron chi connectivity index (χ1n) is 10.4. The Bertz CT molecular complexity index is 1270. The highest BCUT2D eigenvalue weighted by Gasteiger charge is 2.28. The van der Waals surface area contributed by atoms with Crippen molar-refractivity contribution in [2.45, 2.75) is 6.92 Å². The van der Waals surface area contributed by atoms with Crippen molar-refractivity contribution in [3.05, 3.63) is 91.3 Å². The molecule has 0 saturated heterocycles. The Hall–Kier alpha value is -3.67. The topological polar surface area (TPSA) is 82.6 Å². The molecule has 1 aromatic heterocycles. The second kappa shape index (κ2) is 10.3. The van der Waals surface area contributed by atoms with Crippen LogP contribution in [-0.4, -0.2) is 23.7 Å². The van der Waals surface area contributed by atoms with Gasteiger partial charge in [0, 0.05) is 23.4 Å². The van der Waals surface area contributed by atoms with Gasteiger partial charge in [-0.3, -0.25) is 4.52 Å². The van der Waals surface area contributed by atoms with Gasteiger partial charge in [-0.2, -0.15) is 0 Å². The minimum absolute atomic E-state index is 0.261. The van der Waals surface area contributed by atoms with E-state index in [-0.39, 0.29) is 6.61 Å². The molecule has 0 saturated carbocycles. The van der Waals surface area contributed by atoms with Crippen molar-refractivity contribution < 1.29 is 18.3 Å². The van der Waals surface area contributed by atoms with Crippen LogP contribution < -0.4 is 19.9 Å². The molecule has 0 amide bonds. The van der Waals surface area contributed by atoms with Crippen LogP contribution in [0.15, 0.2) is 91.3 Å². The summed E-state index contributed by atoms with van der Waals surface area (Å²) in [6.45, 7) is 2.04. The van der Waals surface area contributed by atoms with Gasteiger partial charge < -0.3 is 14.6 Å². The van der Waals surface area contributed by atoms with Gasteiger partial charge in [0.1, 0.15) is 23.6 Å². The third-order valence-electron chi connectivity index (χ3n) is 4.75. The van der Waals surface area contributed by atoms with Crippen molar-refractivity contribution in [1.29, 1.82) is 0 Å². The molecule has 1 atom stereocenters. The standard InChI is InChI=1S/C25H24N3O4P/c1-3-31-33(29,21-12-5-4-6-13-21)32-20-11-9-10-19(16-20)28-25-17-23(26-18-27-25)22-14-7-8-15-24(22)30-2/h4-18H,3H2,1-2H3,(H,26,27,28). The van der Waals surface area contributed by atoms with Gasteiger partial charge in [0.25, 0.3) is 0 Å². The molecule has 0 spiro atoms. The summed E-state index contributed by atoms with van der Waals surface area (Å²) < 4.78 is 30.3. The van der Waals surface area contributed by atoms with Crippen LogP contribution in [0.2, 0.25) is 0 Å². The molecule has 33 heavy (non-hydrogen) atoms. The number of ether oxygens (including phenoxy) is 1. The summed E-state index contributed by atoms with van der Waals surface area (Å²) in [6, 6.07) is 25.6. The summed E-state index contributed by atoms with van der Waals surface area (Å²) in [6.07, 6.45) is 1.49. The molecule has 1 heterocycles. The number of para-hydroxylation sites is 1. The number of aromatic nitrogens is 2. The first-order chi connectivity index (χ1) is 16.1. The van der Waals surface area contributed by atoms with E-state index in [4.69, 9.17) is 13.8 Å². The normalized spacial score (nSPS) is 12.5. The fourth-order valence-electron chi connectivity index (χ4n) is 3.28. The van der Waals surface area contributed by atoms with Crippen molar-refractivity contribution in [3.8, 4) is 22.8 Å². The van der Waals surface area contributed by atoms with Gasteiger partial charge in [0.2, 0.25) is 0 Å². The Balaban J connectivity index is 1.57. The number of benzene rings is 3. The van der Waals surface area contributed by atoms with Gasteiger partial charge in [-0.15, -0.1) is 0 Å². The monoisotopic (exact) mass is 461 g/mol. The minimum atomic E-state index is -3.52. The average Bonchev–Trinajstić information content (AvgIpc) is 2.85. The molecular formula is C25H24N3O4P. The lowest BCUT2D eigenvalue weighted by Crippen LogP contribution is -2.12. The number of nitrogens with zero attached hydrogens (tertiary/aromatic N) is 2. The Morgan fingerprint density at radius 2 is 1.70 bits per heavy atom. The number of hydrogen-bond donors (Lipinski definition) is 1. The van der Waals surface area contributed by atoms with Crippen LogP contribution >= 0.6 is 7.60 Å². The summed E-state index contributed by atoms with van der Waals surface area (Å²) in [5.41, 5.74) is 2.30. The van der Waals surface area contributed by atoms with Gasteiger partial charge in [0.15, 0.2) is 0 Å². The van der Waals surface area contributed by atoms with Gasteiger partial charge >= 0.3 is 7.60 Å². The van der Waals surface area contributed by atoms with E-state index in [2.05, 4.69) is 15.3 Å². The van der Waals surface area contributed by atoms with E-state index in [0.29, 0.717) is 22.6 Å². The second-order valence-corrected chi connectivity index (χ2v) is 8.94. The summed E-state index contributed by atoms with van der Waals surface area (Å²) in [4.78, 5) is 8.68. The zero-order chi connectivity index (χ0) is 23.1. The van der Waals surface area contributed by atoms with Crippen molar-refractivity contribution in [2.75, 3.05) is 19.0 Å². The fraction of sp³-hybridized carbons (Fsp3) is 0.120. The van der Waals surface area contributed by atoms with E-state index in [9.17, 15) is 4.57 Å². The molecule has 8 heteroatoms. The van der Waals surface area contributed by atoms with Crippen LogP contribution in [0.5, 0.6) is 11.5 Å². The predicted octanol–water partition coefficient (Wildman–Crippen LogP) is 5.83. The van der Waals surface area contributed by atoms with Crippen LogP contribution in [-0.2, 0) is 9.09 Å². The molecule has 7 nitrogen and oxygen atoms in total. The Morgan fingerprint density at radius 1 is 0.909 bits per heavy atom. The highest BCUT2D eigenvalue weighted by molar-refractivity contribution is 7.62. The Labute approximate surface area is 192 Å². The number of hydrogen-bond acceptors (Lipinski definition) is 7. The molecule has 4 aromatic rings. The van der Waals surface area contributed by atoms with Gasteiger partial charge in [0.05, 0.1) is 24.7 Å². The Morgan fingerprint density at radius 3 is 2.48 bits per heavy atom. The van der Waals surface area contributed by atoms with E-state index in [1.54, 1.807) is 56.5 Å². The summed E-state index contributed by atoms with van der Waals surface area (Å²) >= 11 is 0. The first-order valence-corrected chi connectivity index (χ1v) is 12.0. The molecule has 0 radical (unpaired) electrons. The molecular weight excluding hydrogens is 437 g/mol. The number of nitrogens with one attached hydrogen (secondary N) is 1. The van der Waals surface area contributed by atoms with Crippen LogP contribution in [0.3, 0.4) is 0 Å². The quantitative estimate of drug-likeness (QED) is 0.314. The van der Waals surface area contributed by atoms with Crippen LogP contribution in [0.4, 0.5) is 11.5 Å². The van der Waals surface area contributed by atoms with E-state index >= 15 is 0 Å². The van der Waals surface area contributed by atoms with E-state index in [0.717, 1.165) is 17.0 Å². The second-order valence-electron chi connectivity index (χ2n) is 6.98. The highest BCUT2D eigenvalue weighted by Crippen LogP contribution is 2.47. The zero-order valence-electron chi connectivity index (χ0n) is 18.3.